The second-order valence-corrected chi connectivity index (χ2v) is 4.49. The van der Waals surface area contributed by atoms with E-state index in [0.29, 0.717) is 34.0 Å². The van der Waals surface area contributed by atoms with Gasteiger partial charge in [-0.3, -0.25) is 9.89 Å². The number of methoxy groups -OCH3 is 1. The largest absolute Gasteiger partial charge is 0.494 e. The molecule has 3 rings (SSSR count). The van der Waals surface area contributed by atoms with E-state index in [2.05, 4.69) is 25.1 Å². The summed E-state index contributed by atoms with van der Waals surface area (Å²) in [6.45, 7) is 1.72. The molecule has 0 spiro atoms. The fourth-order valence-corrected chi connectivity index (χ4v) is 2.20. The van der Waals surface area contributed by atoms with Gasteiger partial charge in [0.05, 0.1) is 29.8 Å². The predicted molar refractivity (Wildman–Crippen MR) is 74.7 cm³/mol. The fraction of sp³-hybridized carbons (Fsp3) is 0.154. The molecule has 9 heteroatoms. The van der Waals surface area contributed by atoms with Crippen LogP contribution in [0.2, 0.25) is 0 Å². The molecule has 3 heterocycles. The monoisotopic (exact) mass is 301 g/mol. The summed E-state index contributed by atoms with van der Waals surface area (Å²) in [5.74, 6) is -1.34. The molecule has 0 aliphatic heterocycles. The van der Waals surface area contributed by atoms with Crippen LogP contribution >= 0.6 is 0 Å². The van der Waals surface area contributed by atoms with Crippen molar-refractivity contribution in [1.82, 2.24) is 25.1 Å². The zero-order valence-electron chi connectivity index (χ0n) is 11.7. The van der Waals surface area contributed by atoms with Gasteiger partial charge in [-0.15, -0.1) is 0 Å². The number of carboxylic acids is 1. The van der Waals surface area contributed by atoms with Gasteiger partial charge in [0.2, 0.25) is 0 Å². The zero-order valence-corrected chi connectivity index (χ0v) is 11.7. The van der Waals surface area contributed by atoms with Crippen molar-refractivity contribution in [2.24, 2.45) is 0 Å². The molecular formula is C13H11N5O4. The van der Waals surface area contributed by atoms with Gasteiger partial charge in [0.15, 0.2) is 5.82 Å². The number of carboxylic acid groups (broad SMARTS) is 1. The van der Waals surface area contributed by atoms with E-state index >= 15 is 0 Å². The van der Waals surface area contributed by atoms with Crippen LogP contribution in [0.1, 0.15) is 16.2 Å². The summed E-state index contributed by atoms with van der Waals surface area (Å²) < 4.78 is 5.18. The molecule has 0 saturated carbocycles. The Morgan fingerprint density at radius 1 is 1.36 bits per heavy atom. The number of aryl methyl sites for hydroxylation is 1. The van der Waals surface area contributed by atoms with Crippen LogP contribution in [0.5, 0.6) is 5.75 Å². The molecule has 3 aromatic rings. The first-order valence-electron chi connectivity index (χ1n) is 6.24. The lowest BCUT2D eigenvalue weighted by Crippen LogP contribution is -2.12. The van der Waals surface area contributed by atoms with Crippen molar-refractivity contribution in [2.75, 3.05) is 7.11 Å². The van der Waals surface area contributed by atoms with Crippen molar-refractivity contribution in [3.05, 3.63) is 23.8 Å². The summed E-state index contributed by atoms with van der Waals surface area (Å²) >= 11 is 0. The van der Waals surface area contributed by atoms with E-state index in [0.717, 1.165) is 0 Å². The number of Topliss-reactive ketones (excluding diaryl/α,β-unsaturated/α-hetero) is 1. The number of ketones is 1. The molecule has 0 saturated heterocycles. The van der Waals surface area contributed by atoms with Crippen molar-refractivity contribution < 1.29 is 19.4 Å². The van der Waals surface area contributed by atoms with Gasteiger partial charge in [-0.25, -0.2) is 14.8 Å². The Bertz CT molecular complexity index is 895. The number of fused-ring (bicyclic) bond motifs is 1. The minimum Gasteiger partial charge on any atom is -0.494 e. The van der Waals surface area contributed by atoms with Gasteiger partial charge < -0.3 is 14.8 Å². The Morgan fingerprint density at radius 2 is 2.14 bits per heavy atom. The van der Waals surface area contributed by atoms with Crippen LogP contribution < -0.4 is 4.74 Å². The average molecular weight is 301 g/mol. The van der Waals surface area contributed by atoms with E-state index in [1.54, 1.807) is 6.92 Å². The quantitative estimate of drug-likeness (QED) is 0.482. The van der Waals surface area contributed by atoms with Crippen LogP contribution in [0.3, 0.4) is 0 Å². The van der Waals surface area contributed by atoms with E-state index in [1.807, 2.05) is 0 Å². The molecule has 22 heavy (non-hydrogen) atoms. The summed E-state index contributed by atoms with van der Waals surface area (Å²) in [7, 11) is 1.41. The molecule has 0 aliphatic carbocycles. The first-order valence-corrected chi connectivity index (χ1v) is 6.24. The minimum absolute atomic E-state index is 0.000706. The normalized spacial score (nSPS) is 10.8. The summed E-state index contributed by atoms with van der Waals surface area (Å²) in [6, 6.07) is 0. The molecule has 9 nitrogen and oxygen atoms in total. The van der Waals surface area contributed by atoms with Crippen LogP contribution in [-0.4, -0.2) is 49.1 Å². The molecule has 3 aromatic heterocycles. The maximum absolute atomic E-state index is 11.8. The van der Waals surface area contributed by atoms with E-state index in [4.69, 9.17) is 9.84 Å². The predicted octanol–water partition coefficient (Wildman–Crippen LogP) is 0.932. The number of ether oxygens (including phenoxy) is 1. The number of aliphatic carboxylic acids is 1. The van der Waals surface area contributed by atoms with Crippen LogP contribution in [0.4, 0.5) is 0 Å². The number of H-pyrrole nitrogens is 2. The summed E-state index contributed by atoms with van der Waals surface area (Å²) in [5, 5.41) is 15.9. The zero-order chi connectivity index (χ0) is 15.9. The number of nitrogens with zero attached hydrogens (tertiary/aromatic N) is 3. The van der Waals surface area contributed by atoms with Gasteiger partial charge in [0, 0.05) is 6.20 Å². The molecule has 0 aromatic carbocycles. The highest BCUT2D eigenvalue weighted by Gasteiger charge is 2.24. The van der Waals surface area contributed by atoms with Crippen molar-refractivity contribution in [2.45, 2.75) is 6.92 Å². The standard InChI is InChI=1S/C13H11N5O4/c1-5-16-12(18-17-5)10-9-8(7(22-2)4-15-10)6(3-14-9)11(19)13(20)21/h3-4,14H,1-2H3,(H,20,21)(H,16,17,18). The minimum atomic E-state index is -1.54. The lowest BCUT2D eigenvalue weighted by molar-refractivity contribution is -0.131. The molecule has 112 valence electrons. The number of pyridine rings is 1. The SMILES string of the molecule is COc1cnc(-c2nc(C)n[nH]2)c2[nH]cc(C(=O)C(=O)O)c12. The van der Waals surface area contributed by atoms with Crippen molar-refractivity contribution in [3.63, 3.8) is 0 Å². The summed E-state index contributed by atoms with van der Waals surface area (Å²) in [4.78, 5) is 34.0. The van der Waals surface area contributed by atoms with Crippen molar-refractivity contribution in [1.29, 1.82) is 0 Å². The van der Waals surface area contributed by atoms with Gasteiger partial charge in [-0.1, -0.05) is 0 Å². The van der Waals surface area contributed by atoms with Gasteiger partial charge in [0.25, 0.3) is 5.78 Å². The van der Waals surface area contributed by atoms with Crippen molar-refractivity contribution >= 4 is 22.7 Å². The molecule has 0 fully saturated rings. The molecule has 0 unspecified atom stereocenters. The number of rotatable bonds is 4. The summed E-state index contributed by atoms with van der Waals surface area (Å²) in [6.07, 6.45) is 2.72. The fourth-order valence-electron chi connectivity index (χ4n) is 2.20. The number of carbonyl (C=O) groups is 2. The van der Waals surface area contributed by atoms with Crippen LogP contribution in [0, 0.1) is 6.92 Å². The second kappa shape index (κ2) is 4.95. The van der Waals surface area contributed by atoms with Gasteiger partial charge in [-0.2, -0.15) is 5.10 Å². The average Bonchev–Trinajstić information content (AvgIpc) is 3.12. The maximum Gasteiger partial charge on any atom is 0.377 e. The molecule has 3 N–H and O–H groups in total. The topological polar surface area (TPSA) is 134 Å². The third-order valence-electron chi connectivity index (χ3n) is 3.15. The van der Waals surface area contributed by atoms with E-state index in [-0.39, 0.29) is 5.56 Å². The Morgan fingerprint density at radius 3 is 2.73 bits per heavy atom. The lowest BCUT2D eigenvalue weighted by Gasteiger charge is -2.05. The maximum atomic E-state index is 11.8. The number of aromatic nitrogens is 5. The smallest absolute Gasteiger partial charge is 0.377 e. The van der Waals surface area contributed by atoms with Crippen LogP contribution in [-0.2, 0) is 4.79 Å². The Hall–Kier alpha value is -3.23. The molecule has 0 bridgehead atoms. The van der Waals surface area contributed by atoms with Crippen LogP contribution in [0.15, 0.2) is 12.4 Å². The molecule has 0 aliphatic rings. The van der Waals surface area contributed by atoms with E-state index < -0.39 is 11.8 Å². The van der Waals surface area contributed by atoms with E-state index in [1.165, 1.54) is 19.5 Å². The second-order valence-electron chi connectivity index (χ2n) is 4.49. The third-order valence-corrected chi connectivity index (χ3v) is 3.15. The highest BCUT2D eigenvalue weighted by molar-refractivity contribution is 6.42. The van der Waals surface area contributed by atoms with Crippen LogP contribution in [0.25, 0.3) is 22.4 Å². The number of carbonyl (C=O) groups excluding carboxylic acids is 1. The first-order chi connectivity index (χ1) is 10.5. The Balaban J connectivity index is 2.30. The molecule has 0 amide bonds. The lowest BCUT2D eigenvalue weighted by atomic mass is 10.1. The highest BCUT2D eigenvalue weighted by Crippen LogP contribution is 2.33. The Kier molecular flexibility index (Phi) is 3.09. The van der Waals surface area contributed by atoms with Crippen molar-refractivity contribution in [3.8, 4) is 17.3 Å². The number of hydrogen-bond acceptors (Lipinski definition) is 6. The van der Waals surface area contributed by atoms with Gasteiger partial charge >= 0.3 is 5.97 Å². The summed E-state index contributed by atoms with van der Waals surface area (Å²) in [5.41, 5.74) is 0.861. The molecular weight excluding hydrogens is 290 g/mol. The highest BCUT2D eigenvalue weighted by atomic mass is 16.5. The van der Waals surface area contributed by atoms with Gasteiger partial charge in [-0.05, 0) is 6.92 Å². The third kappa shape index (κ3) is 1.99. The van der Waals surface area contributed by atoms with Gasteiger partial charge in [0.1, 0.15) is 17.3 Å². The molecule has 0 atom stereocenters. The molecule has 0 radical (unpaired) electrons. The first kappa shape index (κ1) is 13.7. The number of aromatic amines is 2. The number of hydrogen-bond donors (Lipinski definition) is 3. The Labute approximate surface area is 123 Å². The van der Waals surface area contributed by atoms with E-state index in [9.17, 15) is 9.59 Å². The number of nitrogens with one attached hydrogen (secondary N) is 2.